The maximum absolute atomic E-state index is 11.0. The summed E-state index contributed by atoms with van der Waals surface area (Å²) in [6, 6.07) is 0. The molecule has 0 aliphatic carbocycles. The van der Waals surface area contributed by atoms with E-state index in [1.54, 1.807) is 20.8 Å². The number of rotatable bonds is 2. The van der Waals surface area contributed by atoms with Gasteiger partial charge in [-0.3, -0.25) is 4.79 Å². The molecule has 0 fully saturated rings. The Labute approximate surface area is 67.7 Å². The lowest BCUT2D eigenvalue weighted by Gasteiger charge is -2.19. The van der Waals surface area contributed by atoms with Gasteiger partial charge in [0.25, 0.3) is 0 Å². The molecule has 0 rings (SSSR count). The summed E-state index contributed by atoms with van der Waals surface area (Å²) in [7, 11) is 0. The SMILES string of the molecule is C#CC(C)(C)NC(=O)C(=C)C. The summed E-state index contributed by atoms with van der Waals surface area (Å²) in [6.45, 7) is 8.65. The van der Waals surface area contributed by atoms with Crippen LogP contribution in [0, 0.1) is 12.3 Å². The van der Waals surface area contributed by atoms with E-state index in [2.05, 4.69) is 17.8 Å². The summed E-state index contributed by atoms with van der Waals surface area (Å²) in [6.07, 6.45) is 5.16. The second-order valence-electron chi connectivity index (χ2n) is 3.00. The molecule has 0 aromatic rings. The summed E-state index contributed by atoms with van der Waals surface area (Å²) in [4.78, 5) is 11.0. The highest BCUT2D eigenvalue weighted by Crippen LogP contribution is 2.00. The molecule has 1 amide bonds. The van der Waals surface area contributed by atoms with Crippen LogP contribution in [-0.4, -0.2) is 11.4 Å². The van der Waals surface area contributed by atoms with Crippen molar-refractivity contribution >= 4 is 5.91 Å². The number of nitrogens with one attached hydrogen (secondary N) is 1. The molecule has 0 bridgehead atoms. The fraction of sp³-hybridized carbons (Fsp3) is 0.444. The van der Waals surface area contributed by atoms with Crippen molar-refractivity contribution in [1.82, 2.24) is 5.32 Å². The Kier molecular flexibility index (Phi) is 2.88. The summed E-state index contributed by atoms with van der Waals surface area (Å²) < 4.78 is 0. The van der Waals surface area contributed by atoms with Crippen LogP contribution in [0.25, 0.3) is 0 Å². The molecule has 0 aromatic carbocycles. The Hall–Kier alpha value is -1.23. The molecule has 0 radical (unpaired) electrons. The first kappa shape index (κ1) is 9.77. The van der Waals surface area contributed by atoms with Gasteiger partial charge in [0.1, 0.15) is 0 Å². The van der Waals surface area contributed by atoms with Gasteiger partial charge in [0.2, 0.25) is 5.91 Å². The van der Waals surface area contributed by atoms with Crippen LogP contribution in [-0.2, 0) is 4.79 Å². The molecule has 0 aliphatic rings. The Balaban J connectivity index is 4.19. The number of hydrogen-bond donors (Lipinski definition) is 1. The minimum Gasteiger partial charge on any atom is -0.337 e. The van der Waals surface area contributed by atoms with Crippen molar-refractivity contribution in [2.75, 3.05) is 0 Å². The van der Waals surface area contributed by atoms with Gasteiger partial charge in [-0.05, 0) is 20.8 Å². The van der Waals surface area contributed by atoms with E-state index in [0.717, 1.165) is 0 Å². The fourth-order valence-electron chi connectivity index (χ4n) is 0.427. The highest BCUT2D eigenvalue weighted by Gasteiger charge is 2.16. The lowest BCUT2D eigenvalue weighted by molar-refractivity contribution is -0.118. The molecule has 0 unspecified atom stereocenters. The molecule has 0 saturated heterocycles. The van der Waals surface area contributed by atoms with Gasteiger partial charge in [-0.2, -0.15) is 0 Å². The largest absolute Gasteiger partial charge is 0.337 e. The van der Waals surface area contributed by atoms with Gasteiger partial charge in [-0.15, -0.1) is 6.42 Å². The van der Waals surface area contributed by atoms with Crippen LogP contribution < -0.4 is 5.32 Å². The van der Waals surface area contributed by atoms with E-state index in [9.17, 15) is 4.79 Å². The average Bonchev–Trinajstić information content (AvgIpc) is 1.87. The predicted molar refractivity (Wildman–Crippen MR) is 45.9 cm³/mol. The fourth-order valence-corrected chi connectivity index (χ4v) is 0.427. The third kappa shape index (κ3) is 3.47. The van der Waals surface area contributed by atoms with Gasteiger partial charge in [0.15, 0.2) is 0 Å². The van der Waals surface area contributed by atoms with E-state index >= 15 is 0 Å². The molecule has 0 atom stereocenters. The summed E-state index contributed by atoms with van der Waals surface area (Å²) in [5.41, 5.74) is -0.121. The smallest absolute Gasteiger partial charge is 0.247 e. The molecule has 2 nitrogen and oxygen atoms in total. The Bertz CT molecular complexity index is 220. The molecular formula is C9H13NO. The normalized spacial score (nSPS) is 10.0. The lowest BCUT2D eigenvalue weighted by Crippen LogP contribution is -2.42. The highest BCUT2D eigenvalue weighted by atomic mass is 16.1. The predicted octanol–water partition coefficient (Wildman–Crippen LogP) is 1.09. The molecule has 2 heteroatoms. The topological polar surface area (TPSA) is 29.1 Å². The number of carbonyl (C=O) groups is 1. The van der Waals surface area contributed by atoms with Crippen LogP contribution in [0.3, 0.4) is 0 Å². The molecular weight excluding hydrogens is 138 g/mol. The second-order valence-corrected chi connectivity index (χ2v) is 3.00. The maximum Gasteiger partial charge on any atom is 0.247 e. The van der Waals surface area contributed by atoms with Gasteiger partial charge in [0, 0.05) is 5.57 Å². The van der Waals surface area contributed by atoms with Gasteiger partial charge in [-0.1, -0.05) is 12.5 Å². The third-order valence-corrected chi connectivity index (χ3v) is 1.17. The van der Waals surface area contributed by atoms with Crippen molar-refractivity contribution in [2.45, 2.75) is 26.3 Å². The Morgan fingerprint density at radius 2 is 2.09 bits per heavy atom. The van der Waals surface area contributed by atoms with Crippen LogP contribution in [0.4, 0.5) is 0 Å². The maximum atomic E-state index is 11.0. The standard InChI is InChI=1S/C9H13NO/c1-6-9(4,5)10-8(11)7(2)3/h1H,2H2,3-5H3,(H,10,11). The van der Waals surface area contributed by atoms with Crippen molar-refractivity contribution in [3.63, 3.8) is 0 Å². The zero-order chi connectivity index (χ0) is 9.07. The van der Waals surface area contributed by atoms with E-state index in [0.29, 0.717) is 5.57 Å². The molecule has 0 saturated carbocycles. The van der Waals surface area contributed by atoms with Gasteiger partial charge in [-0.25, -0.2) is 0 Å². The molecule has 60 valence electrons. The zero-order valence-electron chi connectivity index (χ0n) is 7.19. The summed E-state index contributed by atoms with van der Waals surface area (Å²) in [5, 5.41) is 2.63. The number of hydrogen-bond acceptors (Lipinski definition) is 1. The van der Waals surface area contributed by atoms with E-state index in [4.69, 9.17) is 6.42 Å². The quantitative estimate of drug-likeness (QED) is 0.464. The van der Waals surface area contributed by atoms with E-state index in [-0.39, 0.29) is 5.91 Å². The zero-order valence-corrected chi connectivity index (χ0v) is 7.19. The Morgan fingerprint density at radius 1 is 1.64 bits per heavy atom. The van der Waals surface area contributed by atoms with Crippen LogP contribution in [0.15, 0.2) is 12.2 Å². The minimum atomic E-state index is -0.587. The first-order valence-corrected chi connectivity index (χ1v) is 3.35. The van der Waals surface area contributed by atoms with Crippen molar-refractivity contribution in [1.29, 1.82) is 0 Å². The monoisotopic (exact) mass is 151 g/mol. The molecule has 0 spiro atoms. The first-order valence-electron chi connectivity index (χ1n) is 3.35. The summed E-state index contributed by atoms with van der Waals surface area (Å²) in [5.74, 6) is 2.25. The van der Waals surface area contributed by atoms with Crippen LogP contribution in [0.5, 0.6) is 0 Å². The molecule has 0 aromatic heterocycles. The first-order chi connectivity index (χ1) is 4.89. The van der Waals surface area contributed by atoms with Crippen LogP contribution >= 0.6 is 0 Å². The third-order valence-electron chi connectivity index (χ3n) is 1.17. The molecule has 11 heavy (non-hydrogen) atoms. The van der Waals surface area contributed by atoms with Crippen molar-refractivity contribution in [3.05, 3.63) is 12.2 Å². The van der Waals surface area contributed by atoms with Crippen molar-refractivity contribution < 1.29 is 4.79 Å². The van der Waals surface area contributed by atoms with E-state index in [1.165, 1.54) is 0 Å². The number of terminal acetylenes is 1. The lowest BCUT2D eigenvalue weighted by atomic mass is 10.1. The molecule has 1 N–H and O–H groups in total. The minimum absolute atomic E-state index is 0.201. The van der Waals surface area contributed by atoms with Crippen molar-refractivity contribution in [3.8, 4) is 12.3 Å². The molecule has 0 aliphatic heterocycles. The number of carbonyl (C=O) groups excluding carboxylic acids is 1. The van der Waals surface area contributed by atoms with Crippen LogP contribution in [0.2, 0.25) is 0 Å². The van der Waals surface area contributed by atoms with Crippen molar-refractivity contribution in [2.24, 2.45) is 0 Å². The summed E-state index contributed by atoms with van der Waals surface area (Å²) >= 11 is 0. The van der Waals surface area contributed by atoms with E-state index < -0.39 is 5.54 Å². The van der Waals surface area contributed by atoms with E-state index in [1.807, 2.05) is 0 Å². The average molecular weight is 151 g/mol. The van der Waals surface area contributed by atoms with Gasteiger partial charge >= 0.3 is 0 Å². The van der Waals surface area contributed by atoms with Crippen LogP contribution in [0.1, 0.15) is 20.8 Å². The van der Waals surface area contributed by atoms with Gasteiger partial charge < -0.3 is 5.32 Å². The van der Waals surface area contributed by atoms with Gasteiger partial charge in [0.05, 0.1) is 5.54 Å². The highest BCUT2D eigenvalue weighted by molar-refractivity contribution is 5.92. The number of amides is 1. The molecule has 0 heterocycles. The second kappa shape index (κ2) is 3.25. The Morgan fingerprint density at radius 3 is 2.36 bits per heavy atom.